The molecule has 34 heavy (non-hydrogen) atoms. The monoisotopic (exact) mass is 465 g/mol. The van der Waals surface area contributed by atoms with E-state index >= 15 is 0 Å². The highest BCUT2D eigenvalue weighted by Crippen LogP contribution is 2.39. The van der Waals surface area contributed by atoms with Gasteiger partial charge < -0.3 is 10.0 Å². The van der Waals surface area contributed by atoms with Crippen molar-refractivity contribution in [3.63, 3.8) is 0 Å². The molecule has 0 radical (unpaired) electrons. The van der Waals surface area contributed by atoms with Crippen LogP contribution in [-0.2, 0) is 4.79 Å². The Labute approximate surface area is 202 Å². The summed E-state index contributed by atoms with van der Waals surface area (Å²) in [5, 5.41) is 10.0. The SMILES string of the molecule is O=C(O)C(CC1CCC1)N1CC(CN2CCC(c3cccnc3)CC2)C(c2cccc(F)c2)C1. The summed E-state index contributed by atoms with van der Waals surface area (Å²) in [4.78, 5) is 21.2. The van der Waals surface area contributed by atoms with E-state index in [0.29, 0.717) is 24.3 Å². The van der Waals surface area contributed by atoms with Gasteiger partial charge in [0, 0.05) is 37.9 Å². The molecule has 0 amide bonds. The molecule has 3 fully saturated rings. The first-order valence-electron chi connectivity index (χ1n) is 12.9. The Hall–Kier alpha value is -2.31. The molecule has 1 N–H and O–H groups in total. The zero-order chi connectivity index (χ0) is 23.5. The number of carboxylic acids is 1. The number of likely N-dealkylation sites (tertiary alicyclic amines) is 2. The van der Waals surface area contributed by atoms with Crippen LogP contribution < -0.4 is 0 Å². The Morgan fingerprint density at radius 2 is 1.88 bits per heavy atom. The minimum atomic E-state index is -0.706. The third-order valence-electron chi connectivity index (χ3n) is 8.49. The number of piperidine rings is 1. The Bertz CT molecular complexity index is 959. The lowest BCUT2D eigenvalue weighted by Crippen LogP contribution is -2.43. The number of rotatable bonds is 8. The van der Waals surface area contributed by atoms with Gasteiger partial charge in [-0.25, -0.2) is 4.39 Å². The van der Waals surface area contributed by atoms with Crippen LogP contribution in [0.2, 0.25) is 0 Å². The van der Waals surface area contributed by atoms with Crippen molar-refractivity contribution in [3.05, 3.63) is 65.7 Å². The van der Waals surface area contributed by atoms with E-state index in [-0.39, 0.29) is 11.7 Å². The lowest BCUT2D eigenvalue weighted by Gasteiger charge is -2.35. The first-order chi connectivity index (χ1) is 16.6. The van der Waals surface area contributed by atoms with Crippen molar-refractivity contribution in [1.29, 1.82) is 0 Å². The molecule has 5 rings (SSSR count). The quantitative estimate of drug-likeness (QED) is 0.609. The molecule has 5 nitrogen and oxygen atoms in total. The van der Waals surface area contributed by atoms with Gasteiger partial charge in [-0.2, -0.15) is 0 Å². The highest BCUT2D eigenvalue weighted by atomic mass is 19.1. The Morgan fingerprint density at radius 3 is 2.53 bits per heavy atom. The summed E-state index contributed by atoms with van der Waals surface area (Å²) in [5.74, 6) is 0.649. The molecule has 1 aromatic heterocycles. The molecule has 1 aliphatic carbocycles. The maximum Gasteiger partial charge on any atom is 0.320 e. The number of hydrogen-bond donors (Lipinski definition) is 1. The molecule has 1 aromatic carbocycles. The lowest BCUT2D eigenvalue weighted by atomic mass is 9.80. The Balaban J connectivity index is 1.28. The number of carboxylic acid groups (broad SMARTS) is 1. The summed E-state index contributed by atoms with van der Waals surface area (Å²) in [6.07, 6.45) is 10.3. The zero-order valence-electron chi connectivity index (χ0n) is 19.9. The van der Waals surface area contributed by atoms with Gasteiger partial charge in [-0.05, 0) is 79.4 Å². The standard InChI is InChI=1S/C28H36FN3O2/c29-25-8-2-6-22(15-25)26-19-32(27(28(33)34)14-20-4-1-5-20)18-24(26)17-31-12-9-21(10-13-31)23-7-3-11-30-16-23/h2-3,6-8,11,15-16,20-21,24,26-27H,1,4-5,9-10,12-14,17-19H2,(H,33,34). The maximum atomic E-state index is 14.1. The van der Waals surface area contributed by atoms with E-state index in [2.05, 4.69) is 20.9 Å². The number of pyridine rings is 1. The van der Waals surface area contributed by atoms with Crippen LogP contribution in [0.1, 0.15) is 61.5 Å². The Morgan fingerprint density at radius 1 is 1.09 bits per heavy atom. The number of hydrogen-bond acceptors (Lipinski definition) is 4. The van der Waals surface area contributed by atoms with Gasteiger partial charge in [0.2, 0.25) is 0 Å². The van der Waals surface area contributed by atoms with Gasteiger partial charge >= 0.3 is 5.97 Å². The Kier molecular flexibility index (Phi) is 7.26. The molecule has 3 unspecified atom stereocenters. The lowest BCUT2D eigenvalue weighted by molar-refractivity contribution is -0.144. The molecular weight excluding hydrogens is 429 g/mol. The fourth-order valence-electron chi connectivity index (χ4n) is 6.31. The van der Waals surface area contributed by atoms with E-state index in [0.717, 1.165) is 63.8 Å². The summed E-state index contributed by atoms with van der Waals surface area (Å²) < 4.78 is 14.1. The highest BCUT2D eigenvalue weighted by molar-refractivity contribution is 5.73. The maximum absolute atomic E-state index is 14.1. The van der Waals surface area contributed by atoms with Gasteiger partial charge in [0.15, 0.2) is 0 Å². The van der Waals surface area contributed by atoms with Gasteiger partial charge in [-0.3, -0.25) is 14.7 Å². The van der Waals surface area contributed by atoms with Crippen molar-refractivity contribution >= 4 is 5.97 Å². The van der Waals surface area contributed by atoms with Crippen LogP contribution in [0, 0.1) is 17.7 Å². The van der Waals surface area contributed by atoms with Gasteiger partial charge in [0.25, 0.3) is 0 Å². The molecule has 3 heterocycles. The molecule has 2 saturated heterocycles. The second-order valence-corrected chi connectivity index (χ2v) is 10.6. The molecule has 182 valence electrons. The van der Waals surface area contributed by atoms with Gasteiger partial charge in [0.1, 0.15) is 11.9 Å². The number of aromatic nitrogens is 1. The summed E-state index contributed by atoms with van der Waals surface area (Å²) in [6.45, 7) is 4.48. The van der Waals surface area contributed by atoms with Crippen LogP contribution in [-0.4, -0.2) is 64.6 Å². The number of carbonyl (C=O) groups is 1. The molecule has 3 aliphatic rings. The third-order valence-corrected chi connectivity index (χ3v) is 8.49. The van der Waals surface area contributed by atoms with Crippen LogP contribution >= 0.6 is 0 Å². The molecule has 2 aromatic rings. The normalized spacial score (nSPS) is 25.8. The molecule has 2 aliphatic heterocycles. The number of benzene rings is 1. The predicted molar refractivity (Wildman–Crippen MR) is 130 cm³/mol. The minimum absolute atomic E-state index is 0.162. The first kappa shape index (κ1) is 23.4. The average Bonchev–Trinajstić information content (AvgIpc) is 3.22. The van der Waals surface area contributed by atoms with E-state index in [1.54, 1.807) is 12.1 Å². The van der Waals surface area contributed by atoms with Crippen LogP contribution in [0.25, 0.3) is 0 Å². The summed E-state index contributed by atoms with van der Waals surface area (Å²) >= 11 is 0. The van der Waals surface area contributed by atoms with E-state index in [9.17, 15) is 14.3 Å². The summed E-state index contributed by atoms with van der Waals surface area (Å²) in [5.41, 5.74) is 2.33. The van der Waals surface area contributed by atoms with Gasteiger partial charge in [-0.1, -0.05) is 37.5 Å². The van der Waals surface area contributed by atoms with Gasteiger partial charge in [0.05, 0.1) is 0 Å². The molecule has 0 bridgehead atoms. The molecule has 6 heteroatoms. The van der Waals surface area contributed by atoms with Crippen molar-refractivity contribution in [2.24, 2.45) is 11.8 Å². The number of halogens is 1. The summed E-state index contributed by atoms with van der Waals surface area (Å²) in [7, 11) is 0. The van der Waals surface area contributed by atoms with Crippen molar-refractivity contribution in [1.82, 2.24) is 14.8 Å². The van der Waals surface area contributed by atoms with Crippen molar-refractivity contribution in [2.45, 2.75) is 56.4 Å². The topological polar surface area (TPSA) is 56.7 Å². The second kappa shape index (κ2) is 10.5. The van der Waals surface area contributed by atoms with Crippen LogP contribution in [0.15, 0.2) is 48.8 Å². The van der Waals surface area contributed by atoms with Crippen LogP contribution in [0.5, 0.6) is 0 Å². The van der Waals surface area contributed by atoms with Crippen molar-refractivity contribution in [3.8, 4) is 0 Å². The van der Waals surface area contributed by atoms with Crippen molar-refractivity contribution in [2.75, 3.05) is 32.7 Å². The zero-order valence-corrected chi connectivity index (χ0v) is 19.9. The molecule has 3 atom stereocenters. The number of aliphatic carboxylic acids is 1. The smallest absolute Gasteiger partial charge is 0.320 e. The van der Waals surface area contributed by atoms with E-state index < -0.39 is 12.0 Å². The molecular formula is C28H36FN3O2. The van der Waals surface area contributed by atoms with E-state index in [1.165, 1.54) is 18.1 Å². The van der Waals surface area contributed by atoms with Gasteiger partial charge in [-0.15, -0.1) is 0 Å². The third kappa shape index (κ3) is 5.33. The molecule has 1 saturated carbocycles. The van der Waals surface area contributed by atoms with Crippen molar-refractivity contribution < 1.29 is 14.3 Å². The molecule has 0 spiro atoms. The largest absolute Gasteiger partial charge is 0.480 e. The second-order valence-electron chi connectivity index (χ2n) is 10.6. The van der Waals surface area contributed by atoms with E-state index in [1.807, 2.05) is 24.5 Å². The minimum Gasteiger partial charge on any atom is -0.480 e. The summed E-state index contributed by atoms with van der Waals surface area (Å²) in [6, 6.07) is 10.7. The van der Waals surface area contributed by atoms with E-state index in [4.69, 9.17) is 0 Å². The van der Waals surface area contributed by atoms with Crippen LogP contribution in [0.4, 0.5) is 4.39 Å². The first-order valence-corrected chi connectivity index (χ1v) is 12.9. The fraction of sp³-hybridized carbons (Fsp3) is 0.571. The highest BCUT2D eigenvalue weighted by Gasteiger charge is 2.41. The fourth-order valence-corrected chi connectivity index (χ4v) is 6.31. The number of nitrogens with zero attached hydrogens (tertiary/aromatic N) is 3. The van der Waals surface area contributed by atoms with Crippen LogP contribution in [0.3, 0.4) is 0 Å². The predicted octanol–water partition coefficient (Wildman–Crippen LogP) is 4.76. The average molecular weight is 466 g/mol.